The quantitative estimate of drug-likeness (QED) is 0.638. The zero-order valence-electron chi connectivity index (χ0n) is 9.01. The van der Waals surface area contributed by atoms with Gasteiger partial charge in [0.2, 0.25) is 4.75 Å². The number of carbonyl (C=O) groups is 2. The Hall–Kier alpha value is -1.20. The lowest BCUT2D eigenvalue weighted by atomic mass is 10.1. The highest BCUT2D eigenvalue weighted by atomic mass is 35.5. The number of carboxylic acid groups (broad SMARTS) is 2. The van der Waals surface area contributed by atoms with E-state index < -0.39 is 16.7 Å². The second kappa shape index (κ2) is 5.42. The number of rotatable bonds is 5. The molecule has 0 fully saturated rings. The highest BCUT2D eigenvalue weighted by molar-refractivity contribution is 8.02. The number of hydrogen-bond donors (Lipinski definition) is 2. The summed E-state index contributed by atoms with van der Waals surface area (Å²) < 4.78 is -1.90. The molecular weight excluding hydrogens is 264 g/mol. The first-order valence-corrected chi connectivity index (χ1v) is 6.04. The van der Waals surface area contributed by atoms with Gasteiger partial charge in [0.25, 0.3) is 0 Å². The molecule has 0 saturated heterocycles. The molecule has 0 aliphatic heterocycles. The van der Waals surface area contributed by atoms with Crippen LogP contribution in [-0.4, -0.2) is 26.9 Å². The number of halogens is 1. The summed E-state index contributed by atoms with van der Waals surface area (Å²) in [7, 11) is 0. The monoisotopic (exact) mass is 274 g/mol. The van der Waals surface area contributed by atoms with Gasteiger partial charge in [-0.1, -0.05) is 42.4 Å². The molecule has 0 radical (unpaired) electrons. The highest BCUT2D eigenvalue weighted by Gasteiger charge is 2.46. The summed E-state index contributed by atoms with van der Waals surface area (Å²) in [6.07, 6.45) is -0.0342. The molecule has 4 nitrogen and oxygen atoms in total. The smallest absolute Gasteiger partial charge is 0.331 e. The van der Waals surface area contributed by atoms with Crippen molar-refractivity contribution in [1.82, 2.24) is 0 Å². The number of carboxylic acids is 2. The van der Waals surface area contributed by atoms with Gasteiger partial charge in [0.15, 0.2) is 0 Å². The lowest BCUT2D eigenvalue weighted by Crippen LogP contribution is -2.42. The fourth-order valence-corrected chi connectivity index (χ4v) is 2.53. The van der Waals surface area contributed by atoms with E-state index in [1.54, 1.807) is 24.3 Å². The minimum atomic E-state index is -1.90. The van der Waals surface area contributed by atoms with Gasteiger partial charge in [-0.05, 0) is 18.6 Å². The van der Waals surface area contributed by atoms with Crippen LogP contribution in [0.4, 0.5) is 0 Å². The van der Waals surface area contributed by atoms with Gasteiger partial charge in [-0.3, -0.25) is 9.59 Å². The topological polar surface area (TPSA) is 74.6 Å². The van der Waals surface area contributed by atoms with Crippen molar-refractivity contribution in [3.63, 3.8) is 0 Å². The lowest BCUT2D eigenvalue weighted by molar-refractivity contribution is -0.151. The van der Waals surface area contributed by atoms with Crippen LogP contribution in [0.5, 0.6) is 0 Å². The summed E-state index contributed by atoms with van der Waals surface area (Å²) in [5.74, 6) is -2.75. The molecule has 6 heteroatoms. The molecule has 0 bridgehead atoms. The van der Waals surface area contributed by atoms with Gasteiger partial charge in [-0.25, -0.2) is 0 Å². The third-order valence-corrected chi connectivity index (χ3v) is 4.31. The van der Waals surface area contributed by atoms with Crippen molar-refractivity contribution in [2.24, 2.45) is 0 Å². The average Bonchev–Trinajstić information content (AvgIpc) is 2.27. The molecule has 1 aromatic rings. The molecule has 17 heavy (non-hydrogen) atoms. The van der Waals surface area contributed by atoms with E-state index in [4.69, 9.17) is 21.8 Å². The average molecular weight is 275 g/mol. The summed E-state index contributed by atoms with van der Waals surface area (Å²) in [6.45, 7) is 1.52. The molecule has 0 amide bonds. The lowest BCUT2D eigenvalue weighted by Gasteiger charge is -2.22. The van der Waals surface area contributed by atoms with Crippen LogP contribution >= 0.6 is 23.4 Å². The van der Waals surface area contributed by atoms with E-state index in [0.717, 1.165) is 11.8 Å². The van der Waals surface area contributed by atoms with E-state index >= 15 is 0 Å². The number of thioether (sulfide) groups is 1. The molecule has 0 atom stereocenters. The standard InChI is InChI=1S/C11H11ClO4S/c1-2-11(9(13)14,10(15)16)17-8-6-4-3-5-7(8)12/h3-6H,2H2,1H3,(H,13,14)(H,15,16). The maximum atomic E-state index is 11.2. The predicted molar refractivity (Wildman–Crippen MR) is 65.6 cm³/mol. The molecule has 1 aromatic carbocycles. The summed E-state index contributed by atoms with van der Waals surface area (Å²) in [6, 6.07) is 6.57. The molecule has 92 valence electrons. The van der Waals surface area contributed by atoms with E-state index in [1.807, 2.05) is 0 Å². The van der Waals surface area contributed by atoms with Gasteiger partial charge in [0.1, 0.15) is 0 Å². The molecule has 2 N–H and O–H groups in total. The Morgan fingerprint density at radius 3 is 2.24 bits per heavy atom. The van der Waals surface area contributed by atoms with Crippen molar-refractivity contribution < 1.29 is 19.8 Å². The first-order chi connectivity index (χ1) is 7.94. The van der Waals surface area contributed by atoms with Crippen LogP contribution in [0.3, 0.4) is 0 Å². The SMILES string of the molecule is CCC(Sc1ccccc1Cl)(C(=O)O)C(=O)O. The van der Waals surface area contributed by atoms with E-state index in [9.17, 15) is 9.59 Å². The first-order valence-electron chi connectivity index (χ1n) is 4.84. The van der Waals surface area contributed by atoms with E-state index in [1.165, 1.54) is 6.92 Å². The molecule has 0 unspecified atom stereocenters. The zero-order valence-corrected chi connectivity index (χ0v) is 10.6. The van der Waals surface area contributed by atoms with Gasteiger partial charge >= 0.3 is 11.9 Å². The van der Waals surface area contributed by atoms with Crippen molar-refractivity contribution >= 4 is 35.3 Å². The highest BCUT2D eigenvalue weighted by Crippen LogP contribution is 2.39. The molecule has 0 heterocycles. The first kappa shape index (κ1) is 13.9. The zero-order chi connectivity index (χ0) is 13.1. The third kappa shape index (κ3) is 2.73. The minimum Gasteiger partial charge on any atom is -0.480 e. The van der Waals surface area contributed by atoms with E-state index in [2.05, 4.69) is 0 Å². The third-order valence-electron chi connectivity index (χ3n) is 2.31. The fraction of sp³-hybridized carbons (Fsp3) is 0.273. The number of benzene rings is 1. The van der Waals surface area contributed by atoms with Gasteiger partial charge in [-0.2, -0.15) is 0 Å². The van der Waals surface area contributed by atoms with Crippen molar-refractivity contribution in [1.29, 1.82) is 0 Å². The molecule has 0 saturated carbocycles. The molecule has 0 aliphatic carbocycles. The van der Waals surface area contributed by atoms with Crippen molar-refractivity contribution in [3.8, 4) is 0 Å². The Morgan fingerprint density at radius 1 is 1.29 bits per heavy atom. The van der Waals surface area contributed by atoms with Crippen LogP contribution in [0.15, 0.2) is 29.2 Å². The van der Waals surface area contributed by atoms with Gasteiger partial charge < -0.3 is 10.2 Å². The fourth-order valence-electron chi connectivity index (χ4n) is 1.27. The van der Waals surface area contributed by atoms with E-state index in [0.29, 0.717) is 9.92 Å². The second-order valence-electron chi connectivity index (χ2n) is 3.32. The maximum absolute atomic E-state index is 11.2. The molecular formula is C11H11ClO4S. The normalized spacial score (nSPS) is 11.2. The summed E-state index contributed by atoms with van der Waals surface area (Å²) in [4.78, 5) is 22.8. The van der Waals surface area contributed by atoms with Gasteiger partial charge in [-0.15, -0.1) is 0 Å². The van der Waals surface area contributed by atoms with Crippen molar-refractivity contribution in [2.75, 3.05) is 0 Å². The minimum absolute atomic E-state index is 0.0342. The van der Waals surface area contributed by atoms with Crippen LogP contribution in [0.2, 0.25) is 5.02 Å². The summed E-state index contributed by atoms with van der Waals surface area (Å²) in [5, 5.41) is 18.5. The second-order valence-corrected chi connectivity index (χ2v) is 5.07. The Morgan fingerprint density at radius 2 is 1.82 bits per heavy atom. The van der Waals surface area contributed by atoms with Crippen molar-refractivity contribution in [3.05, 3.63) is 29.3 Å². The Bertz CT molecular complexity index is 433. The van der Waals surface area contributed by atoms with Gasteiger partial charge in [0.05, 0.1) is 5.02 Å². The Labute approximate surface area is 108 Å². The largest absolute Gasteiger partial charge is 0.480 e. The molecule has 0 aliphatic rings. The van der Waals surface area contributed by atoms with Crippen LogP contribution in [0, 0.1) is 0 Å². The Kier molecular flexibility index (Phi) is 4.42. The van der Waals surface area contributed by atoms with Crippen molar-refractivity contribution in [2.45, 2.75) is 23.0 Å². The van der Waals surface area contributed by atoms with E-state index in [-0.39, 0.29) is 6.42 Å². The van der Waals surface area contributed by atoms with Crippen LogP contribution < -0.4 is 0 Å². The molecule has 1 rings (SSSR count). The van der Waals surface area contributed by atoms with Crippen LogP contribution in [0.25, 0.3) is 0 Å². The summed E-state index contributed by atoms with van der Waals surface area (Å²) in [5.41, 5.74) is 0. The van der Waals surface area contributed by atoms with Crippen LogP contribution in [0.1, 0.15) is 13.3 Å². The molecule has 0 aromatic heterocycles. The number of hydrogen-bond acceptors (Lipinski definition) is 3. The maximum Gasteiger partial charge on any atom is 0.331 e. The predicted octanol–water partition coefficient (Wildman–Crippen LogP) is 2.75. The van der Waals surface area contributed by atoms with Gasteiger partial charge in [0, 0.05) is 4.90 Å². The Balaban J connectivity index is 3.15. The molecule has 0 spiro atoms. The summed E-state index contributed by atoms with van der Waals surface area (Å²) >= 11 is 6.64. The van der Waals surface area contributed by atoms with Crippen LogP contribution in [-0.2, 0) is 9.59 Å². The number of aliphatic carboxylic acids is 2.